The van der Waals surface area contributed by atoms with Crippen LogP contribution in [-0.2, 0) is 9.59 Å². The van der Waals surface area contributed by atoms with Gasteiger partial charge in [0.1, 0.15) is 11.0 Å². The Kier molecular flexibility index (Phi) is 6.83. The summed E-state index contributed by atoms with van der Waals surface area (Å²) in [7, 11) is 0. The molecule has 1 fully saturated rings. The van der Waals surface area contributed by atoms with Crippen LogP contribution in [0.1, 0.15) is 13.3 Å². The molecule has 2 aromatic carbocycles. The number of rotatable bonds is 7. The number of thioether (sulfide) groups is 1. The molecular formula is C19H20N4O5S. The van der Waals surface area contributed by atoms with E-state index in [9.17, 15) is 14.8 Å². The van der Waals surface area contributed by atoms with E-state index in [0.717, 1.165) is 11.8 Å². The van der Waals surface area contributed by atoms with Crippen molar-refractivity contribution in [2.45, 2.75) is 18.6 Å². The maximum Gasteiger partial charge on any atom is 0.240 e. The highest BCUT2D eigenvalue weighted by Gasteiger charge is 2.32. The summed E-state index contributed by atoms with van der Waals surface area (Å²) < 4.78 is 5.48. The number of hydrogen-bond acceptors (Lipinski definition) is 7. The summed E-state index contributed by atoms with van der Waals surface area (Å²) in [5.74, 6) is -0.0417. The van der Waals surface area contributed by atoms with Gasteiger partial charge in [-0.2, -0.15) is 5.23 Å². The van der Waals surface area contributed by atoms with Gasteiger partial charge in [0.05, 0.1) is 18.0 Å². The molecule has 9 nitrogen and oxygen atoms in total. The van der Waals surface area contributed by atoms with E-state index in [4.69, 9.17) is 9.94 Å². The largest absolute Gasteiger partial charge is 0.595 e. The summed E-state index contributed by atoms with van der Waals surface area (Å²) in [6.45, 7) is 2.33. The summed E-state index contributed by atoms with van der Waals surface area (Å²) in [5.41, 5.74) is 1.21. The highest BCUT2D eigenvalue weighted by Crippen LogP contribution is 2.27. The first-order valence-electron chi connectivity index (χ1n) is 8.87. The number of hydrogen-bond donors (Lipinski definition) is 4. The molecule has 0 aliphatic carbocycles. The second-order valence-electron chi connectivity index (χ2n) is 6.05. The zero-order valence-corrected chi connectivity index (χ0v) is 16.4. The molecule has 2 unspecified atom stereocenters. The topological polar surface area (TPSA) is 128 Å². The van der Waals surface area contributed by atoms with Gasteiger partial charge in [-0.3, -0.25) is 9.59 Å². The van der Waals surface area contributed by atoms with Gasteiger partial charge in [0, 0.05) is 18.6 Å². The molecule has 29 heavy (non-hydrogen) atoms. The fourth-order valence-corrected chi connectivity index (χ4v) is 3.60. The van der Waals surface area contributed by atoms with E-state index < -0.39 is 10.5 Å². The van der Waals surface area contributed by atoms with Crippen molar-refractivity contribution in [2.75, 3.05) is 11.9 Å². The lowest BCUT2D eigenvalue weighted by atomic mass is 10.2. The molecule has 10 heteroatoms. The Hall–Kier alpha value is -2.92. The molecule has 152 valence electrons. The first-order valence-corrected chi connectivity index (χ1v) is 9.75. The van der Waals surface area contributed by atoms with Gasteiger partial charge in [-0.25, -0.2) is 10.2 Å². The third kappa shape index (κ3) is 5.55. The molecule has 1 aliphatic heterocycles. The summed E-state index contributed by atoms with van der Waals surface area (Å²) >= 11 is 1.16. The molecule has 0 spiro atoms. The minimum absolute atomic E-state index is 0.0199. The molecule has 3 rings (SSSR count). The minimum Gasteiger partial charge on any atom is -0.595 e. The summed E-state index contributed by atoms with van der Waals surface area (Å²) in [6.07, 6.45) is -0.0199. The van der Waals surface area contributed by atoms with E-state index in [1.165, 1.54) is 12.1 Å². The fourth-order valence-electron chi connectivity index (χ4n) is 2.61. The van der Waals surface area contributed by atoms with Crippen molar-refractivity contribution in [1.82, 2.24) is 5.32 Å². The number of nitrogens with zero attached hydrogens (tertiary/aromatic N) is 1. The van der Waals surface area contributed by atoms with Crippen molar-refractivity contribution in [1.29, 1.82) is 0 Å². The normalized spacial score (nSPS) is 18.4. The molecule has 0 bridgehead atoms. The van der Waals surface area contributed by atoms with Gasteiger partial charge in [-0.05, 0) is 31.2 Å². The third-order valence-electron chi connectivity index (χ3n) is 3.95. The summed E-state index contributed by atoms with van der Waals surface area (Å²) in [4.78, 5) is 28.9. The highest BCUT2D eigenvalue weighted by molar-refractivity contribution is 8.15. The van der Waals surface area contributed by atoms with Crippen molar-refractivity contribution in [3.63, 3.8) is 0 Å². The molecule has 4 N–H and O–H groups in total. The number of benzene rings is 2. The molecule has 2 atom stereocenters. The Morgan fingerprint density at radius 3 is 2.72 bits per heavy atom. The van der Waals surface area contributed by atoms with Crippen LogP contribution in [0.2, 0.25) is 0 Å². The molecule has 0 saturated carbocycles. The van der Waals surface area contributed by atoms with Crippen LogP contribution >= 0.6 is 11.8 Å². The molecule has 0 aromatic heterocycles. The highest BCUT2D eigenvalue weighted by atomic mass is 32.2. The lowest BCUT2D eigenvalue weighted by Gasteiger charge is -2.12. The molecule has 1 saturated heterocycles. The quantitative estimate of drug-likeness (QED) is 0.509. The van der Waals surface area contributed by atoms with E-state index in [0.29, 0.717) is 28.9 Å². The number of aliphatic imine (C=N–C) groups is 1. The number of carbonyl (C=O) groups is 2. The average molecular weight is 416 g/mol. The Morgan fingerprint density at radius 2 is 2.03 bits per heavy atom. The third-order valence-corrected chi connectivity index (χ3v) is 5.04. The van der Waals surface area contributed by atoms with Crippen LogP contribution in [0.3, 0.4) is 0 Å². The number of amides is 2. The van der Waals surface area contributed by atoms with Crippen LogP contribution < -0.4 is 20.6 Å². The zero-order chi connectivity index (χ0) is 20.8. The Morgan fingerprint density at radius 1 is 1.31 bits per heavy atom. The SMILES string of the molecule is CCOc1ccccc1NC(=O)CC1SC(=Nc2ccc([NH+]([O-])O)cc2)NC1=O. The number of nitrogens with one attached hydrogen (secondary N) is 3. The average Bonchev–Trinajstić information content (AvgIpc) is 3.02. The summed E-state index contributed by atoms with van der Waals surface area (Å²) in [5, 5.41) is 24.0. The van der Waals surface area contributed by atoms with Crippen LogP contribution in [0.25, 0.3) is 0 Å². The van der Waals surface area contributed by atoms with Crippen molar-refractivity contribution in [3.05, 3.63) is 53.7 Å². The second kappa shape index (κ2) is 9.52. The van der Waals surface area contributed by atoms with Gasteiger partial charge in [0.2, 0.25) is 11.8 Å². The van der Waals surface area contributed by atoms with E-state index in [1.807, 2.05) is 13.0 Å². The van der Waals surface area contributed by atoms with Crippen LogP contribution in [-0.4, -0.2) is 34.0 Å². The van der Waals surface area contributed by atoms with Crippen molar-refractivity contribution in [2.24, 2.45) is 4.99 Å². The van der Waals surface area contributed by atoms with E-state index in [1.54, 1.807) is 30.3 Å². The Bertz CT molecular complexity index is 917. The smallest absolute Gasteiger partial charge is 0.240 e. The standard InChI is InChI=1S/C19H20N4O5S/c1-2-28-15-6-4-3-5-14(15)21-17(24)11-16-18(25)22-19(29-16)20-12-7-9-13(10-8-12)23(26)27/h3-10,16,23,26H,2,11H2,1H3,(H,21,24)(H,20,22,25). The second-order valence-corrected chi connectivity index (χ2v) is 7.24. The maximum atomic E-state index is 12.4. The van der Waals surface area contributed by atoms with Gasteiger partial charge in [-0.15, -0.1) is 0 Å². The molecule has 2 aromatic rings. The lowest BCUT2D eigenvalue weighted by molar-refractivity contribution is -0.991. The molecule has 2 amide bonds. The van der Waals surface area contributed by atoms with Gasteiger partial charge >= 0.3 is 0 Å². The monoisotopic (exact) mass is 416 g/mol. The molecule has 0 radical (unpaired) electrons. The number of ether oxygens (including phenoxy) is 1. The zero-order valence-electron chi connectivity index (χ0n) is 15.5. The first-order chi connectivity index (χ1) is 14.0. The van der Waals surface area contributed by atoms with Crippen molar-refractivity contribution >= 4 is 45.8 Å². The predicted octanol–water partition coefficient (Wildman–Crippen LogP) is 1.74. The Labute approximate surface area is 171 Å². The van der Waals surface area contributed by atoms with E-state index in [2.05, 4.69) is 15.6 Å². The number of quaternary nitrogens is 1. The predicted molar refractivity (Wildman–Crippen MR) is 110 cm³/mol. The molecular weight excluding hydrogens is 396 g/mol. The number of amidine groups is 1. The fraction of sp³-hybridized carbons (Fsp3) is 0.211. The van der Waals surface area contributed by atoms with Crippen LogP contribution in [0.15, 0.2) is 53.5 Å². The molecule has 1 heterocycles. The van der Waals surface area contributed by atoms with Crippen LogP contribution in [0.4, 0.5) is 17.1 Å². The minimum atomic E-state index is -1.02. The van der Waals surface area contributed by atoms with E-state index in [-0.39, 0.29) is 23.9 Å². The van der Waals surface area contributed by atoms with Gasteiger partial charge in [0.25, 0.3) is 0 Å². The van der Waals surface area contributed by atoms with Crippen molar-refractivity contribution in [3.8, 4) is 5.75 Å². The number of carbonyl (C=O) groups excluding carboxylic acids is 2. The number of para-hydroxylation sites is 2. The maximum absolute atomic E-state index is 12.4. The Balaban J connectivity index is 1.61. The molecule has 1 aliphatic rings. The van der Waals surface area contributed by atoms with Crippen LogP contribution in [0.5, 0.6) is 5.75 Å². The van der Waals surface area contributed by atoms with Crippen molar-refractivity contribution < 1.29 is 24.8 Å². The number of anilines is 1. The first kappa shape index (κ1) is 20.8. The lowest BCUT2D eigenvalue weighted by Crippen LogP contribution is -2.99. The summed E-state index contributed by atoms with van der Waals surface area (Å²) in [6, 6.07) is 13.1. The van der Waals surface area contributed by atoms with E-state index >= 15 is 0 Å². The van der Waals surface area contributed by atoms with Crippen LogP contribution in [0, 0.1) is 5.21 Å². The van der Waals surface area contributed by atoms with Gasteiger partial charge in [0.15, 0.2) is 10.9 Å². The van der Waals surface area contributed by atoms with Gasteiger partial charge < -0.3 is 20.6 Å². The van der Waals surface area contributed by atoms with Gasteiger partial charge in [-0.1, -0.05) is 23.9 Å².